The van der Waals surface area contributed by atoms with Gasteiger partial charge in [-0.15, -0.1) is 11.3 Å². The summed E-state index contributed by atoms with van der Waals surface area (Å²) in [6.07, 6.45) is 1.65. The summed E-state index contributed by atoms with van der Waals surface area (Å²) in [5, 5.41) is 14.9. The number of carbonyl (C=O) groups is 1. The number of anilines is 1. The van der Waals surface area contributed by atoms with Crippen molar-refractivity contribution < 1.29 is 9.90 Å². The van der Waals surface area contributed by atoms with Crippen molar-refractivity contribution in [1.29, 1.82) is 0 Å². The van der Waals surface area contributed by atoms with Crippen LogP contribution < -0.4 is 5.32 Å². The molecule has 0 spiro atoms. The molecule has 0 radical (unpaired) electrons. The summed E-state index contributed by atoms with van der Waals surface area (Å²) in [6.45, 7) is 4.74. The van der Waals surface area contributed by atoms with Crippen molar-refractivity contribution in [1.82, 2.24) is 9.88 Å². The third kappa shape index (κ3) is 2.33. The van der Waals surface area contributed by atoms with Gasteiger partial charge in [0.25, 0.3) is 0 Å². The zero-order valence-corrected chi connectivity index (χ0v) is 10.1. The molecule has 2 N–H and O–H groups in total. The van der Waals surface area contributed by atoms with Gasteiger partial charge >= 0.3 is 6.03 Å². The van der Waals surface area contributed by atoms with E-state index in [-0.39, 0.29) is 11.9 Å². The third-order valence-corrected chi connectivity index (χ3v) is 3.50. The Morgan fingerprint density at radius 2 is 2.38 bits per heavy atom. The van der Waals surface area contributed by atoms with Crippen molar-refractivity contribution in [2.75, 3.05) is 18.4 Å². The van der Waals surface area contributed by atoms with Crippen molar-refractivity contribution in [3.05, 3.63) is 11.6 Å². The molecular formula is C10H15N3O2S. The second kappa shape index (κ2) is 4.03. The summed E-state index contributed by atoms with van der Waals surface area (Å²) < 4.78 is 0. The minimum atomic E-state index is -0.710. The number of hydrogen-bond donors (Lipinski definition) is 2. The topological polar surface area (TPSA) is 65.5 Å². The van der Waals surface area contributed by atoms with Crippen LogP contribution in [0.3, 0.4) is 0 Å². The Labute approximate surface area is 98.1 Å². The maximum atomic E-state index is 11.7. The highest BCUT2D eigenvalue weighted by molar-refractivity contribution is 7.13. The summed E-state index contributed by atoms with van der Waals surface area (Å²) in [5.74, 6) is 0.162. The molecule has 1 saturated heterocycles. The Hall–Kier alpha value is -1.14. The maximum absolute atomic E-state index is 11.7. The SMILES string of the molecule is CC(C)(O)C1CN(C(=O)Nc2nccs2)C1. The van der Waals surface area contributed by atoms with Crippen molar-refractivity contribution in [2.24, 2.45) is 5.92 Å². The first-order chi connectivity index (χ1) is 7.47. The van der Waals surface area contributed by atoms with Gasteiger partial charge in [-0.05, 0) is 13.8 Å². The minimum absolute atomic E-state index is 0.143. The van der Waals surface area contributed by atoms with Gasteiger partial charge in [-0.3, -0.25) is 5.32 Å². The number of likely N-dealkylation sites (tertiary alicyclic amines) is 1. The first kappa shape index (κ1) is 11.3. The number of amides is 2. The standard InChI is InChI=1S/C10H15N3O2S/c1-10(2,15)7-5-13(6-7)9(14)12-8-11-3-4-16-8/h3-4,7,15H,5-6H2,1-2H3,(H,11,12,14). The van der Waals surface area contributed by atoms with Gasteiger partial charge in [-0.2, -0.15) is 0 Å². The van der Waals surface area contributed by atoms with Gasteiger partial charge in [0, 0.05) is 30.6 Å². The molecule has 0 unspecified atom stereocenters. The fourth-order valence-electron chi connectivity index (χ4n) is 1.55. The molecule has 0 aromatic carbocycles. The van der Waals surface area contributed by atoms with Gasteiger partial charge in [0.2, 0.25) is 0 Å². The first-order valence-electron chi connectivity index (χ1n) is 5.14. The zero-order chi connectivity index (χ0) is 11.8. The van der Waals surface area contributed by atoms with Gasteiger partial charge in [0.05, 0.1) is 5.60 Å². The number of nitrogens with one attached hydrogen (secondary N) is 1. The Morgan fingerprint density at radius 3 is 2.88 bits per heavy atom. The van der Waals surface area contributed by atoms with E-state index in [2.05, 4.69) is 10.3 Å². The fourth-order valence-corrected chi connectivity index (χ4v) is 2.07. The number of rotatable bonds is 2. The normalized spacial score (nSPS) is 17.1. The van der Waals surface area contributed by atoms with E-state index < -0.39 is 5.60 Å². The largest absolute Gasteiger partial charge is 0.390 e. The Morgan fingerprint density at radius 1 is 1.69 bits per heavy atom. The monoisotopic (exact) mass is 241 g/mol. The van der Waals surface area contributed by atoms with Crippen LogP contribution in [0.1, 0.15) is 13.8 Å². The van der Waals surface area contributed by atoms with E-state index in [1.54, 1.807) is 24.9 Å². The lowest BCUT2D eigenvalue weighted by atomic mass is 9.85. The second-order valence-electron chi connectivity index (χ2n) is 4.52. The van der Waals surface area contributed by atoms with Crippen molar-refractivity contribution in [3.8, 4) is 0 Å². The van der Waals surface area contributed by atoms with Crippen LogP contribution in [-0.4, -0.2) is 39.7 Å². The van der Waals surface area contributed by atoms with E-state index in [0.29, 0.717) is 18.2 Å². The van der Waals surface area contributed by atoms with E-state index >= 15 is 0 Å². The average Bonchev–Trinajstić information content (AvgIpc) is 2.50. The van der Waals surface area contributed by atoms with E-state index in [0.717, 1.165) is 0 Å². The highest BCUT2D eigenvalue weighted by atomic mass is 32.1. The lowest BCUT2D eigenvalue weighted by molar-refractivity contribution is -0.0440. The number of aliphatic hydroxyl groups is 1. The van der Waals surface area contributed by atoms with Crippen molar-refractivity contribution >= 4 is 22.5 Å². The molecule has 0 saturated carbocycles. The maximum Gasteiger partial charge on any atom is 0.323 e. The minimum Gasteiger partial charge on any atom is -0.390 e. The third-order valence-electron chi connectivity index (χ3n) is 2.81. The van der Waals surface area contributed by atoms with Crippen LogP contribution in [0.5, 0.6) is 0 Å². The zero-order valence-electron chi connectivity index (χ0n) is 9.30. The van der Waals surface area contributed by atoms with Gasteiger partial charge in [-0.25, -0.2) is 9.78 Å². The molecule has 2 amide bonds. The van der Waals surface area contributed by atoms with Crippen LogP contribution in [0.4, 0.5) is 9.93 Å². The van der Waals surface area contributed by atoms with Gasteiger partial charge in [0.1, 0.15) is 0 Å². The summed E-state index contributed by atoms with van der Waals surface area (Å²) >= 11 is 1.39. The quantitative estimate of drug-likeness (QED) is 0.822. The summed E-state index contributed by atoms with van der Waals surface area (Å²) in [7, 11) is 0. The van der Waals surface area contributed by atoms with Gasteiger partial charge < -0.3 is 10.0 Å². The number of urea groups is 1. The molecule has 6 heteroatoms. The Balaban J connectivity index is 1.82. The molecule has 1 aromatic heterocycles. The smallest absolute Gasteiger partial charge is 0.323 e. The number of carbonyl (C=O) groups excluding carboxylic acids is 1. The second-order valence-corrected chi connectivity index (χ2v) is 5.42. The molecule has 16 heavy (non-hydrogen) atoms. The Bertz CT molecular complexity index is 366. The van der Waals surface area contributed by atoms with Crippen LogP contribution in [0.25, 0.3) is 0 Å². The van der Waals surface area contributed by atoms with Gasteiger partial charge in [0.15, 0.2) is 5.13 Å². The van der Waals surface area contributed by atoms with Crippen LogP contribution in [0.2, 0.25) is 0 Å². The van der Waals surface area contributed by atoms with Crippen LogP contribution in [0.15, 0.2) is 11.6 Å². The van der Waals surface area contributed by atoms with E-state index in [9.17, 15) is 9.90 Å². The molecule has 1 aromatic rings. The lowest BCUT2D eigenvalue weighted by Gasteiger charge is -2.44. The summed E-state index contributed by atoms with van der Waals surface area (Å²) in [6, 6.07) is -0.143. The molecular weight excluding hydrogens is 226 g/mol. The molecule has 0 bridgehead atoms. The van der Waals surface area contributed by atoms with E-state index in [4.69, 9.17) is 0 Å². The predicted molar refractivity (Wildman–Crippen MR) is 62.5 cm³/mol. The van der Waals surface area contributed by atoms with Crippen molar-refractivity contribution in [3.63, 3.8) is 0 Å². The van der Waals surface area contributed by atoms with Crippen LogP contribution in [0, 0.1) is 5.92 Å². The summed E-state index contributed by atoms with van der Waals surface area (Å²) in [4.78, 5) is 17.3. The van der Waals surface area contributed by atoms with E-state index in [1.807, 2.05) is 5.38 Å². The van der Waals surface area contributed by atoms with Crippen LogP contribution >= 0.6 is 11.3 Å². The predicted octanol–water partition coefficient (Wildman–Crippen LogP) is 1.38. The Kier molecular flexibility index (Phi) is 2.86. The van der Waals surface area contributed by atoms with E-state index in [1.165, 1.54) is 11.3 Å². The van der Waals surface area contributed by atoms with Gasteiger partial charge in [-0.1, -0.05) is 0 Å². The number of thiazole rings is 1. The first-order valence-corrected chi connectivity index (χ1v) is 6.02. The number of aromatic nitrogens is 1. The number of nitrogens with zero attached hydrogens (tertiary/aromatic N) is 2. The molecule has 1 aliphatic heterocycles. The average molecular weight is 241 g/mol. The molecule has 2 heterocycles. The summed E-state index contributed by atoms with van der Waals surface area (Å²) in [5.41, 5.74) is -0.710. The van der Waals surface area contributed by atoms with Crippen molar-refractivity contribution in [2.45, 2.75) is 19.4 Å². The highest BCUT2D eigenvalue weighted by Crippen LogP contribution is 2.27. The van der Waals surface area contributed by atoms with Crippen LogP contribution in [-0.2, 0) is 0 Å². The fraction of sp³-hybridized carbons (Fsp3) is 0.600. The molecule has 0 aliphatic carbocycles. The molecule has 1 aliphatic rings. The number of hydrogen-bond acceptors (Lipinski definition) is 4. The molecule has 5 nitrogen and oxygen atoms in total. The molecule has 0 atom stereocenters. The molecule has 1 fully saturated rings. The highest BCUT2D eigenvalue weighted by Gasteiger charge is 2.39. The molecule has 88 valence electrons. The molecule has 2 rings (SSSR count). The lowest BCUT2D eigenvalue weighted by Crippen LogP contribution is -2.58.